The number of unbranched alkanes of at least 4 members (excludes halogenated alkanes) is 15. The van der Waals surface area contributed by atoms with Gasteiger partial charge in [0.1, 0.15) is 19.3 Å². The van der Waals surface area contributed by atoms with Crippen LogP contribution >= 0.6 is 0 Å². The molecule has 0 aromatic heterocycles. The molecule has 9 nitrogen and oxygen atoms in total. The van der Waals surface area contributed by atoms with Gasteiger partial charge in [-0.2, -0.15) is 0 Å². The van der Waals surface area contributed by atoms with Gasteiger partial charge < -0.3 is 23.8 Å². The van der Waals surface area contributed by atoms with Gasteiger partial charge in [0.15, 0.2) is 0 Å². The maximum absolute atomic E-state index is 12.8. The molecule has 0 aliphatic heterocycles. The number of carbonyl (C=O) groups is 3. The summed E-state index contributed by atoms with van der Waals surface area (Å²) in [4.78, 5) is 41.9. The van der Waals surface area contributed by atoms with Gasteiger partial charge in [-0.1, -0.05) is 144 Å². The number of esters is 2. The van der Waals surface area contributed by atoms with Crippen molar-refractivity contribution in [1.29, 1.82) is 0 Å². The number of ether oxygens (including phenoxy) is 4. The maximum Gasteiger partial charge on any atom is 0.508 e. The van der Waals surface area contributed by atoms with Crippen LogP contribution in [-0.2, 0) is 28.5 Å². The molecule has 55 heavy (non-hydrogen) atoms. The minimum Gasteiger partial charge on any atom is -0.465 e. The van der Waals surface area contributed by atoms with Crippen LogP contribution in [0.3, 0.4) is 0 Å². The normalized spacial score (nSPS) is 12.6. The Kier molecular flexibility index (Phi) is 39.0. The summed E-state index contributed by atoms with van der Waals surface area (Å²) in [7, 11) is 0. The Labute approximate surface area is 340 Å². The summed E-state index contributed by atoms with van der Waals surface area (Å²) < 4.78 is 22.7. The first kappa shape index (κ1) is 53.1. The van der Waals surface area contributed by atoms with E-state index in [4.69, 9.17) is 18.9 Å². The van der Waals surface area contributed by atoms with Crippen LogP contribution in [0.5, 0.6) is 0 Å². The van der Waals surface area contributed by atoms with E-state index in [1.165, 1.54) is 70.6 Å². The SMILES string of the molecule is CCCCCCC(CCCC)COC(=O)CCCCCCCCCC(CCCCCC)OC(=O)OCCN(CCOC(=O)CCCCC)CCN(CC)CC. The fourth-order valence-electron chi connectivity index (χ4n) is 7.00. The van der Waals surface area contributed by atoms with Crippen LogP contribution in [0.2, 0.25) is 0 Å². The lowest BCUT2D eigenvalue weighted by atomic mass is 9.96. The molecule has 0 aromatic rings. The molecule has 326 valence electrons. The van der Waals surface area contributed by atoms with Crippen molar-refractivity contribution < 1.29 is 33.3 Å². The van der Waals surface area contributed by atoms with Gasteiger partial charge in [-0.15, -0.1) is 0 Å². The Bertz CT molecular complexity index is 869. The molecule has 0 fully saturated rings. The van der Waals surface area contributed by atoms with Crippen molar-refractivity contribution in [1.82, 2.24) is 9.80 Å². The smallest absolute Gasteiger partial charge is 0.465 e. The second-order valence-electron chi connectivity index (χ2n) is 15.8. The van der Waals surface area contributed by atoms with E-state index in [0.717, 1.165) is 110 Å². The van der Waals surface area contributed by atoms with Gasteiger partial charge >= 0.3 is 18.1 Å². The molecule has 0 bridgehead atoms. The number of carbonyl (C=O) groups excluding carboxylic acids is 3. The molecule has 0 rings (SSSR count). The predicted octanol–water partition coefficient (Wildman–Crippen LogP) is 12.1. The molecular weight excluding hydrogens is 693 g/mol. The van der Waals surface area contributed by atoms with Gasteiger partial charge in [-0.25, -0.2) is 4.79 Å². The van der Waals surface area contributed by atoms with Crippen molar-refractivity contribution in [3.8, 4) is 0 Å². The molecular formula is C46H90N2O7. The quantitative estimate of drug-likeness (QED) is 0.0341. The zero-order valence-corrected chi connectivity index (χ0v) is 37.2. The molecule has 0 saturated carbocycles. The van der Waals surface area contributed by atoms with Crippen LogP contribution in [0, 0.1) is 5.92 Å². The predicted molar refractivity (Wildman–Crippen MR) is 229 cm³/mol. The molecule has 0 spiro atoms. The van der Waals surface area contributed by atoms with Crippen LogP contribution in [0.1, 0.15) is 208 Å². The molecule has 0 aliphatic rings. The lowest BCUT2D eigenvalue weighted by Crippen LogP contribution is -2.39. The Morgan fingerprint density at radius 3 is 1.45 bits per heavy atom. The van der Waals surface area contributed by atoms with Gasteiger partial charge in [0.05, 0.1) is 6.61 Å². The number of hydrogen-bond donors (Lipinski definition) is 0. The summed E-state index contributed by atoms with van der Waals surface area (Å²) in [6, 6.07) is 0. The van der Waals surface area contributed by atoms with Gasteiger partial charge in [0.2, 0.25) is 0 Å². The summed E-state index contributed by atoms with van der Waals surface area (Å²) >= 11 is 0. The van der Waals surface area contributed by atoms with Crippen molar-refractivity contribution >= 4 is 18.1 Å². The third-order valence-electron chi connectivity index (χ3n) is 10.9. The van der Waals surface area contributed by atoms with E-state index in [1.807, 2.05) is 0 Å². The molecule has 9 heteroatoms. The van der Waals surface area contributed by atoms with E-state index in [9.17, 15) is 14.4 Å². The van der Waals surface area contributed by atoms with Gasteiger partial charge in [-0.05, 0) is 70.4 Å². The largest absolute Gasteiger partial charge is 0.508 e. The minimum absolute atomic E-state index is 0.0260. The van der Waals surface area contributed by atoms with Crippen LogP contribution in [0.25, 0.3) is 0 Å². The average molecular weight is 783 g/mol. The summed E-state index contributed by atoms with van der Waals surface area (Å²) in [5.74, 6) is 0.360. The topological polar surface area (TPSA) is 94.6 Å². The number of rotatable bonds is 41. The Morgan fingerprint density at radius 1 is 0.436 bits per heavy atom. The molecule has 0 saturated heterocycles. The maximum atomic E-state index is 12.8. The fourth-order valence-corrected chi connectivity index (χ4v) is 7.00. The standard InChI is InChI=1S/C46H90N2O7/c1-7-13-17-25-30-42(29-16-10-4)41-54-45(50)34-28-23-21-19-20-22-27-32-43(31-26-18-14-8-2)55-46(51)53-40-38-48(36-35-47(11-5)12-6)37-39-52-44(49)33-24-15-9-3/h42-43H,7-41H2,1-6H3. The Hall–Kier alpha value is -1.87. The summed E-state index contributed by atoms with van der Waals surface area (Å²) in [6.45, 7) is 19.2. The average Bonchev–Trinajstić information content (AvgIpc) is 3.18. The Balaban J connectivity index is 4.51. The highest BCUT2D eigenvalue weighted by Crippen LogP contribution is 2.20. The van der Waals surface area contributed by atoms with Gasteiger partial charge in [0.25, 0.3) is 0 Å². The number of hydrogen-bond acceptors (Lipinski definition) is 9. The van der Waals surface area contributed by atoms with E-state index in [1.54, 1.807) is 0 Å². The van der Waals surface area contributed by atoms with Crippen molar-refractivity contribution in [2.45, 2.75) is 215 Å². The first-order valence-electron chi connectivity index (χ1n) is 23.4. The van der Waals surface area contributed by atoms with E-state index in [0.29, 0.717) is 45.1 Å². The van der Waals surface area contributed by atoms with Crippen LogP contribution in [0.15, 0.2) is 0 Å². The van der Waals surface area contributed by atoms with E-state index in [-0.39, 0.29) is 24.6 Å². The zero-order valence-electron chi connectivity index (χ0n) is 37.2. The molecule has 0 aromatic carbocycles. The van der Waals surface area contributed by atoms with Crippen LogP contribution in [0.4, 0.5) is 4.79 Å². The molecule has 0 amide bonds. The highest BCUT2D eigenvalue weighted by molar-refractivity contribution is 5.69. The third-order valence-corrected chi connectivity index (χ3v) is 10.9. The van der Waals surface area contributed by atoms with Crippen molar-refractivity contribution in [2.24, 2.45) is 5.92 Å². The van der Waals surface area contributed by atoms with Crippen LogP contribution in [-0.4, -0.2) is 93.1 Å². The highest BCUT2D eigenvalue weighted by Gasteiger charge is 2.17. The van der Waals surface area contributed by atoms with E-state index in [2.05, 4.69) is 51.3 Å². The zero-order chi connectivity index (χ0) is 40.6. The lowest BCUT2D eigenvalue weighted by Gasteiger charge is -2.26. The first-order chi connectivity index (χ1) is 26.8. The molecule has 0 radical (unpaired) electrons. The Morgan fingerprint density at radius 2 is 0.873 bits per heavy atom. The van der Waals surface area contributed by atoms with Crippen molar-refractivity contribution in [3.63, 3.8) is 0 Å². The van der Waals surface area contributed by atoms with E-state index < -0.39 is 6.16 Å². The minimum atomic E-state index is -0.575. The lowest BCUT2D eigenvalue weighted by molar-refractivity contribution is -0.145. The van der Waals surface area contributed by atoms with Crippen LogP contribution < -0.4 is 0 Å². The first-order valence-corrected chi connectivity index (χ1v) is 23.4. The summed E-state index contributed by atoms with van der Waals surface area (Å²) in [6.07, 6.45) is 27.1. The second kappa shape index (κ2) is 40.3. The second-order valence-corrected chi connectivity index (χ2v) is 15.8. The fraction of sp³-hybridized carbons (Fsp3) is 0.935. The molecule has 2 unspecified atom stereocenters. The molecule has 0 heterocycles. The molecule has 2 atom stereocenters. The molecule has 0 aliphatic carbocycles. The van der Waals surface area contributed by atoms with Gasteiger partial charge in [0, 0.05) is 39.0 Å². The van der Waals surface area contributed by atoms with Crippen molar-refractivity contribution in [2.75, 3.05) is 59.1 Å². The number of likely N-dealkylation sites (N-methyl/N-ethyl adjacent to an activating group) is 1. The van der Waals surface area contributed by atoms with Crippen molar-refractivity contribution in [3.05, 3.63) is 0 Å². The third kappa shape index (κ3) is 35.1. The molecule has 0 N–H and O–H groups in total. The summed E-state index contributed by atoms with van der Waals surface area (Å²) in [5.41, 5.74) is 0. The summed E-state index contributed by atoms with van der Waals surface area (Å²) in [5, 5.41) is 0. The van der Waals surface area contributed by atoms with Gasteiger partial charge in [-0.3, -0.25) is 14.5 Å². The van der Waals surface area contributed by atoms with E-state index >= 15 is 0 Å². The monoisotopic (exact) mass is 783 g/mol. The number of nitrogens with zero attached hydrogens (tertiary/aromatic N) is 2. The highest BCUT2D eigenvalue weighted by atomic mass is 16.7.